The number of nitrogens with zero attached hydrogens (tertiary/aromatic N) is 1. The van der Waals surface area contributed by atoms with E-state index in [0.29, 0.717) is 11.8 Å². The van der Waals surface area contributed by atoms with Crippen molar-refractivity contribution in [2.45, 2.75) is 46.5 Å². The van der Waals surface area contributed by atoms with Gasteiger partial charge in [0.15, 0.2) is 0 Å². The van der Waals surface area contributed by atoms with Crippen LogP contribution in [-0.4, -0.2) is 12.4 Å². The number of hydrogen-bond donors (Lipinski definition) is 1. The number of rotatable bonds is 3. The van der Waals surface area contributed by atoms with E-state index in [0.717, 1.165) is 18.3 Å². The third-order valence-corrected chi connectivity index (χ3v) is 3.07. The average Bonchev–Trinajstić information content (AvgIpc) is 2.15. The zero-order chi connectivity index (χ0) is 10.6. The Morgan fingerprint density at radius 1 is 1.29 bits per heavy atom. The Kier molecular flexibility index (Phi) is 4.43. The maximum atomic E-state index is 5.99. The molecule has 14 heavy (non-hydrogen) atoms. The normalized spacial score (nSPS) is 29.6. The summed E-state index contributed by atoms with van der Waals surface area (Å²) in [5.41, 5.74) is 5.99. The van der Waals surface area contributed by atoms with Crippen LogP contribution in [0, 0.1) is 17.8 Å². The molecule has 0 aromatic carbocycles. The van der Waals surface area contributed by atoms with Crippen LogP contribution in [0.2, 0.25) is 0 Å². The van der Waals surface area contributed by atoms with Crippen LogP contribution < -0.4 is 5.73 Å². The Balaban J connectivity index is 2.37. The SMILES string of the molecule is CC(C)CN=C(N)C1CCC(C)CC1. The highest BCUT2D eigenvalue weighted by Crippen LogP contribution is 2.28. The van der Waals surface area contributed by atoms with E-state index in [1.54, 1.807) is 0 Å². The van der Waals surface area contributed by atoms with Crippen molar-refractivity contribution in [2.24, 2.45) is 28.5 Å². The molecule has 0 radical (unpaired) electrons. The first-order valence-electron chi connectivity index (χ1n) is 5.89. The quantitative estimate of drug-likeness (QED) is 0.547. The molecule has 1 saturated carbocycles. The van der Waals surface area contributed by atoms with Crippen LogP contribution in [0.5, 0.6) is 0 Å². The first-order valence-corrected chi connectivity index (χ1v) is 5.89. The summed E-state index contributed by atoms with van der Waals surface area (Å²) < 4.78 is 0. The maximum absolute atomic E-state index is 5.99. The second-order valence-electron chi connectivity index (χ2n) is 5.12. The summed E-state index contributed by atoms with van der Waals surface area (Å²) in [4.78, 5) is 4.47. The van der Waals surface area contributed by atoms with E-state index in [1.165, 1.54) is 25.7 Å². The van der Waals surface area contributed by atoms with Crippen LogP contribution in [0.15, 0.2) is 4.99 Å². The molecule has 0 saturated heterocycles. The molecule has 0 atom stereocenters. The highest BCUT2D eigenvalue weighted by molar-refractivity contribution is 5.82. The predicted molar refractivity (Wildman–Crippen MR) is 62.4 cm³/mol. The number of nitrogens with two attached hydrogens (primary N) is 1. The van der Waals surface area contributed by atoms with E-state index in [2.05, 4.69) is 25.8 Å². The summed E-state index contributed by atoms with van der Waals surface area (Å²) in [6.07, 6.45) is 5.13. The Morgan fingerprint density at radius 3 is 2.36 bits per heavy atom. The molecular formula is C12H24N2. The lowest BCUT2D eigenvalue weighted by Crippen LogP contribution is -2.28. The van der Waals surface area contributed by atoms with Gasteiger partial charge in [-0.05, 0) is 24.7 Å². The molecule has 2 N–H and O–H groups in total. The van der Waals surface area contributed by atoms with E-state index in [9.17, 15) is 0 Å². The van der Waals surface area contributed by atoms with Gasteiger partial charge in [0.2, 0.25) is 0 Å². The Bertz CT molecular complexity index is 188. The van der Waals surface area contributed by atoms with Crippen LogP contribution >= 0.6 is 0 Å². The smallest absolute Gasteiger partial charge is 0.0968 e. The van der Waals surface area contributed by atoms with Gasteiger partial charge in [0.25, 0.3) is 0 Å². The summed E-state index contributed by atoms with van der Waals surface area (Å²) in [5, 5.41) is 0. The third kappa shape index (κ3) is 3.69. The lowest BCUT2D eigenvalue weighted by Gasteiger charge is -2.25. The van der Waals surface area contributed by atoms with Gasteiger partial charge in [-0.25, -0.2) is 0 Å². The molecule has 0 amide bonds. The zero-order valence-corrected chi connectivity index (χ0v) is 9.79. The van der Waals surface area contributed by atoms with Gasteiger partial charge in [0.1, 0.15) is 0 Å². The van der Waals surface area contributed by atoms with E-state index in [1.807, 2.05) is 0 Å². The summed E-state index contributed by atoms with van der Waals surface area (Å²) in [5.74, 6) is 3.00. The van der Waals surface area contributed by atoms with Gasteiger partial charge in [-0.2, -0.15) is 0 Å². The molecule has 0 aromatic heterocycles. The van der Waals surface area contributed by atoms with Crippen molar-refractivity contribution in [1.29, 1.82) is 0 Å². The molecule has 0 heterocycles. The highest BCUT2D eigenvalue weighted by atomic mass is 14.9. The minimum Gasteiger partial charge on any atom is -0.387 e. The number of hydrogen-bond acceptors (Lipinski definition) is 1. The van der Waals surface area contributed by atoms with Crippen molar-refractivity contribution < 1.29 is 0 Å². The second kappa shape index (κ2) is 5.38. The second-order valence-corrected chi connectivity index (χ2v) is 5.12. The molecule has 0 aliphatic heterocycles. The highest BCUT2D eigenvalue weighted by Gasteiger charge is 2.20. The zero-order valence-electron chi connectivity index (χ0n) is 9.79. The first kappa shape index (κ1) is 11.5. The van der Waals surface area contributed by atoms with Crippen molar-refractivity contribution in [3.05, 3.63) is 0 Å². The minimum atomic E-state index is 0.574. The van der Waals surface area contributed by atoms with Gasteiger partial charge in [-0.1, -0.05) is 33.6 Å². The molecule has 1 aliphatic carbocycles. The molecule has 0 bridgehead atoms. The molecule has 1 rings (SSSR count). The summed E-state index contributed by atoms with van der Waals surface area (Å²) >= 11 is 0. The van der Waals surface area contributed by atoms with Crippen LogP contribution in [0.4, 0.5) is 0 Å². The van der Waals surface area contributed by atoms with Gasteiger partial charge in [0.05, 0.1) is 5.84 Å². The van der Waals surface area contributed by atoms with E-state index < -0.39 is 0 Å². The molecule has 82 valence electrons. The molecule has 1 fully saturated rings. The van der Waals surface area contributed by atoms with Crippen molar-refractivity contribution in [1.82, 2.24) is 0 Å². The molecule has 0 spiro atoms. The van der Waals surface area contributed by atoms with Crippen molar-refractivity contribution >= 4 is 5.84 Å². The van der Waals surface area contributed by atoms with Crippen LogP contribution in [0.3, 0.4) is 0 Å². The van der Waals surface area contributed by atoms with Gasteiger partial charge in [0, 0.05) is 12.5 Å². The maximum Gasteiger partial charge on any atom is 0.0968 e. The fourth-order valence-corrected chi connectivity index (χ4v) is 1.97. The summed E-state index contributed by atoms with van der Waals surface area (Å²) in [6, 6.07) is 0. The Labute approximate surface area is 88.0 Å². The average molecular weight is 196 g/mol. The van der Waals surface area contributed by atoms with Gasteiger partial charge in [-0.3, -0.25) is 4.99 Å². The van der Waals surface area contributed by atoms with Crippen LogP contribution in [-0.2, 0) is 0 Å². The van der Waals surface area contributed by atoms with Gasteiger partial charge in [-0.15, -0.1) is 0 Å². The molecule has 1 aliphatic rings. The first-order chi connectivity index (χ1) is 6.59. The summed E-state index contributed by atoms with van der Waals surface area (Å²) in [6.45, 7) is 7.58. The minimum absolute atomic E-state index is 0.574. The Morgan fingerprint density at radius 2 is 1.86 bits per heavy atom. The lowest BCUT2D eigenvalue weighted by atomic mass is 9.82. The third-order valence-electron chi connectivity index (χ3n) is 3.07. The van der Waals surface area contributed by atoms with Gasteiger partial charge >= 0.3 is 0 Å². The molecule has 2 heteroatoms. The van der Waals surface area contributed by atoms with Crippen molar-refractivity contribution in [3.8, 4) is 0 Å². The van der Waals surface area contributed by atoms with Crippen LogP contribution in [0.25, 0.3) is 0 Å². The fraction of sp³-hybridized carbons (Fsp3) is 0.917. The predicted octanol–water partition coefficient (Wildman–Crippen LogP) is 2.83. The van der Waals surface area contributed by atoms with E-state index in [-0.39, 0.29) is 0 Å². The number of amidine groups is 1. The summed E-state index contributed by atoms with van der Waals surface area (Å²) in [7, 11) is 0. The molecule has 0 unspecified atom stereocenters. The van der Waals surface area contributed by atoms with Crippen molar-refractivity contribution in [3.63, 3.8) is 0 Å². The molecular weight excluding hydrogens is 172 g/mol. The van der Waals surface area contributed by atoms with Crippen LogP contribution in [0.1, 0.15) is 46.5 Å². The Hall–Kier alpha value is -0.530. The lowest BCUT2D eigenvalue weighted by molar-refractivity contribution is 0.342. The van der Waals surface area contributed by atoms with Crippen molar-refractivity contribution in [2.75, 3.05) is 6.54 Å². The topological polar surface area (TPSA) is 38.4 Å². The standard InChI is InChI=1S/C12H24N2/c1-9(2)8-14-12(13)11-6-4-10(3)5-7-11/h9-11H,4-8H2,1-3H3,(H2,13,14). The number of aliphatic imine (C=N–C) groups is 1. The molecule has 0 aromatic rings. The van der Waals surface area contributed by atoms with Gasteiger partial charge < -0.3 is 5.73 Å². The fourth-order valence-electron chi connectivity index (χ4n) is 1.97. The van der Waals surface area contributed by atoms with E-state index >= 15 is 0 Å². The van der Waals surface area contributed by atoms with E-state index in [4.69, 9.17) is 5.73 Å². The largest absolute Gasteiger partial charge is 0.387 e. The monoisotopic (exact) mass is 196 g/mol. The molecule has 2 nitrogen and oxygen atoms in total.